The lowest BCUT2D eigenvalue weighted by atomic mass is 10.00. The summed E-state index contributed by atoms with van der Waals surface area (Å²) in [6.07, 6.45) is 4.17. The lowest BCUT2D eigenvalue weighted by Gasteiger charge is -2.36. The van der Waals surface area contributed by atoms with Gasteiger partial charge in [-0.25, -0.2) is 5.06 Å². The monoisotopic (exact) mass is 351 g/mol. The number of hydroxylamine groups is 2. The van der Waals surface area contributed by atoms with Gasteiger partial charge in [0.15, 0.2) is 5.76 Å². The lowest BCUT2D eigenvalue weighted by molar-refractivity contribution is -0.157. The molecule has 1 saturated heterocycles. The zero-order chi connectivity index (χ0) is 18.2. The molecule has 1 aliphatic rings. The van der Waals surface area contributed by atoms with Crippen LogP contribution < -0.4 is 0 Å². The summed E-state index contributed by atoms with van der Waals surface area (Å²) in [4.78, 5) is 39.0. The van der Waals surface area contributed by atoms with E-state index in [1.807, 2.05) is 6.92 Å². The Morgan fingerprint density at radius 2 is 2.00 bits per heavy atom. The standard InChI is InChI=1S/C17H25N3O5/c1-2-3-5-14(12-20(24)13-21)16(22)18-7-9-19(10-8-18)17(23)15-6-4-11-25-15/h4,6,11,13-14,24H,2-3,5,7-10,12H2,1H3. The Kier molecular flexibility index (Phi) is 7.00. The van der Waals surface area contributed by atoms with Crippen LogP contribution in [-0.4, -0.2) is 71.0 Å². The molecule has 1 fully saturated rings. The third kappa shape index (κ3) is 5.06. The minimum Gasteiger partial charge on any atom is -0.459 e. The van der Waals surface area contributed by atoms with Crippen molar-refractivity contribution in [2.45, 2.75) is 26.2 Å². The van der Waals surface area contributed by atoms with E-state index in [1.54, 1.807) is 21.9 Å². The summed E-state index contributed by atoms with van der Waals surface area (Å²) in [7, 11) is 0. The zero-order valence-corrected chi connectivity index (χ0v) is 14.5. The lowest BCUT2D eigenvalue weighted by Crippen LogP contribution is -2.52. The third-order valence-corrected chi connectivity index (χ3v) is 4.40. The average Bonchev–Trinajstić information content (AvgIpc) is 3.18. The van der Waals surface area contributed by atoms with Crippen molar-refractivity contribution in [1.29, 1.82) is 0 Å². The second kappa shape index (κ2) is 9.22. The van der Waals surface area contributed by atoms with Crippen molar-refractivity contribution in [2.75, 3.05) is 32.7 Å². The van der Waals surface area contributed by atoms with Crippen LogP contribution in [0.1, 0.15) is 36.7 Å². The molecule has 0 radical (unpaired) electrons. The molecule has 1 aromatic heterocycles. The molecule has 0 aromatic carbocycles. The van der Waals surface area contributed by atoms with Gasteiger partial charge in [-0.3, -0.25) is 19.6 Å². The van der Waals surface area contributed by atoms with Gasteiger partial charge in [-0.15, -0.1) is 0 Å². The fourth-order valence-corrected chi connectivity index (χ4v) is 2.96. The number of rotatable bonds is 8. The highest BCUT2D eigenvalue weighted by atomic mass is 16.5. The quantitative estimate of drug-likeness (QED) is 0.432. The van der Waals surface area contributed by atoms with Gasteiger partial charge in [0.25, 0.3) is 5.91 Å². The first kappa shape index (κ1) is 19.0. The molecule has 138 valence electrons. The Labute approximate surface area is 146 Å². The van der Waals surface area contributed by atoms with E-state index in [9.17, 15) is 19.6 Å². The molecule has 3 amide bonds. The Morgan fingerprint density at radius 3 is 2.56 bits per heavy atom. The molecule has 8 heteroatoms. The number of piperazine rings is 1. The van der Waals surface area contributed by atoms with Gasteiger partial charge in [-0.05, 0) is 18.6 Å². The normalized spacial score (nSPS) is 15.8. The largest absolute Gasteiger partial charge is 0.459 e. The Bertz CT molecular complexity index is 567. The molecule has 0 bridgehead atoms. The fraction of sp³-hybridized carbons (Fsp3) is 0.588. The van der Waals surface area contributed by atoms with Crippen molar-refractivity contribution >= 4 is 18.2 Å². The fourth-order valence-electron chi connectivity index (χ4n) is 2.96. The van der Waals surface area contributed by atoms with Crippen molar-refractivity contribution in [2.24, 2.45) is 5.92 Å². The molecule has 0 aliphatic carbocycles. The predicted molar refractivity (Wildman–Crippen MR) is 88.8 cm³/mol. The second-order valence-electron chi connectivity index (χ2n) is 6.16. The van der Waals surface area contributed by atoms with Gasteiger partial charge in [-0.2, -0.15) is 0 Å². The molecule has 2 heterocycles. The maximum absolute atomic E-state index is 12.7. The first-order valence-corrected chi connectivity index (χ1v) is 8.59. The van der Waals surface area contributed by atoms with Crippen LogP contribution in [-0.2, 0) is 9.59 Å². The molecule has 25 heavy (non-hydrogen) atoms. The molecule has 2 rings (SSSR count). The molecule has 0 saturated carbocycles. The molecular weight excluding hydrogens is 326 g/mol. The molecular formula is C17H25N3O5. The highest BCUT2D eigenvalue weighted by molar-refractivity contribution is 5.91. The van der Waals surface area contributed by atoms with E-state index in [-0.39, 0.29) is 18.4 Å². The number of carbonyl (C=O) groups is 3. The zero-order valence-electron chi connectivity index (χ0n) is 14.5. The molecule has 1 aliphatic heterocycles. The van der Waals surface area contributed by atoms with Gasteiger partial charge in [-0.1, -0.05) is 19.8 Å². The van der Waals surface area contributed by atoms with Gasteiger partial charge in [0.05, 0.1) is 18.7 Å². The highest BCUT2D eigenvalue weighted by Gasteiger charge is 2.30. The summed E-state index contributed by atoms with van der Waals surface area (Å²) in [5.41, 5.74) is 0. The minimum atomic E-state index is -0.428. The summed E-state index contributed by atoms with van der Waals surface area (Å²) in [5.74, 6) is -0.397. The van der Waals surface area contributed by atoms with Gasteiger partial charge in [0, 0.05) is 26.2 Å². The number of hydrogen-bond donors (Lipinski definition) is 1. The molecule has 0 spiro atoms. The maximum atomic E-state index is 12.7. The van der Waals surface area contributed by atoms with Crippen molar-refractivity contribution in [3.8, 4) is 0 Å². The summed E-state index contributed by atoms with van der Waals surface area (Å²) in [6, 6.07) is 3.29. The first-order valence-electron chi connectivity index (χ1n) is 8.59. The summed E-state index contributed by atoms with van der Waals surface area (Å²) < 4.78 is 5.12. The maximum Gasteiger partial charge on any atom is 0.289 e. The number of nitrogens with zero attached hydrogens (tertiary/aromatic N) is 3. The number of amides is 3. The van der Waals surface area contributed by atoms with Crippen LogP contribution in [0, 0.1) is 5.92 Å². The van der Waals surface area contributed by atoms with Crippen LogP contribution in [0.3, 0.4) is 0 Å². The van der Waals surface area contributed by atoms with E-state index in [0.29, 0.717) is 49.8 Å². The molecule has 1 aromatic rings. The minimum absolute atomic E-state index is 0.00608. The van der Waals surface area contributed by atoms with Crippen molar-refractivity contribution < 1.29 is 24.0 Å². The summed E-state index contributed by atoms with van der Waals surface area (Å²) in [6.45, 7) is 3.75. The van der Waals surface area contributed by atoms with Crippen LogP contribution in [0.5, 0.6) is 0 Å². The van der Waals surface area contributed by atoms with Crippen LogP contribution in [0.2, 0.25) is 0 Å². The topological polar surface area (TPSA) is 94.3 Å². The van der Waals surface area contributed by atoms with E-state index in [1.165, 1.54) is 6.26 Å². The van der Waals surface area contributed by atoms with Crippen molar-refractivity contribution in [1.82, 2.24) is 14.9 Å². The van der Waals surface area contributed by atoms with Gasteiger partial charge >= 0.3 is 0 Å². The van der Waals surface area contributed by atoms with E-state index in [4.69, 9.17) is 4.42 Å². The Balaban J connectivity index is 1.91. The van der Waals surface area contributed by atoms with Gasteiger partial charge in [0.1, 0.15) is 0 Å². The SMILES string of the molecule is CCCCC(CN(O)C=O)C(=O)N1CCN(C(=O)c2ccco2)CC1. The summed E-state index contributed by atoms with van der Waals surface area (Å²) in [5, 5.41) is 9.95. The number of carbonyl (C=O) groups excluding carboxylic acids is 3. The Morgan fingerprint density at radius 1 is 1.32 bits per heavy atom. The van der Waals surface area contributed by atoms with Gasteiger partial charge in [0.2, 0.25) is 12.3 Å². The molecule has 1 atom stereocenters. The number of furan rings is 1. The number of hydrogen-bond acceptors (Lipinski definition) is 5. The molecule has 1 N–H and O–H groups in total. The average molecular weight is 351 g/mol. The predicted octanol–water partition coefficient (Wildman–Crippen LogP) is 1.22. The van der Waals surface area contributed by atoms with Crippen molar-refractivity contribution in [3.05, 3.63) is 24.2 Å². The van der Waals surface area contributed by atoms with E-state index in [0.717, 1.165) is 12.8 Å². The van der Waals surface area contributed by atoms with Crippen molar-refractivity contribution in [3.63, 3.8) is 0 Å². The van der Waals surface area contributed by atoms with E-state index < -0.39 is 5.92 Å². The second-order valence-corrected chi connectivity index (χ2v) is 6.16. The van der Waals surface area contributed by atoms with Gasteiger partial charge < -0.3 is 14.2 Å². The Hall–Kier alpha value is -2.35. The van der Waals surface area contributed by atoms with E-state index in [2.05, 4.69) is 0 Å². The van der Waals surface area contributed by atoms with Crippen LogP contribution in [0.4, 0.5) is 0 Å². The third-order valence-electron chi connectivity index (χ3n) is 4.40. The smallest absolute Gasteiger partial charge is 0.289 e. The van der Waals surface area contributed by atoms with Crippen LogP contribution >= 0.6 is 0 Å². The van der Waals surface area contributed by atoms with Crippen LogP contribution in [0.25, 0.3) is 0 Å². The number of unbranched alkanes of at least 4 members (excludes halogenated alkanes) is 1. The van der Waals surface area contributed by atoms with Crippen LogP contribution in [0.15, 0.2) is 22.8 Å². The van der Waals surface area contributed by atoms with E-state index >= 15 is 0 Å². The first-order chi connectivity index (χ1) is 12.1. The summed E-state index contributed by atoms with van der Waals surface area (Å²) >= 11 is 0. The molecule has 8 nitrogen and oxygen atoms in total. The highest BCUT2D eigenvalue weighted by Crippen LogP contribution is 2.16. The molecule has 1 unspecified atom stereocenters.